The lowest BCUT2D eigenvalue weighted by molar-refractivity contribution is -0.136. The van der Waals surface area contributed by atoms with Crippen LogP contribution in [0.2, 0.25) is 0 Å². The second-order valence-corrected chi connectivity index (χ2v) is 6.35. The summed E-state index contributed by atoms with van der Waals surface area (Å²) in [5, 5.41) is 6.43. The van der Waals surface area contributed by atoms with Gasteiger partial charge in [0.1, 0.15) is 6.10 Å². The topological polar surface area (TPSA) is 50.4 Å². The van der Waals surface area contributed by atoms with Crippen LogP contribution in [0.4, 0.5) is 0 Å². The lowest BCUT2D eigenvalue weighted by Crippen LogP contribution is -2.42. The van der Waals surface area contributed by atoms with Gasteiger partial charge in [0.05, 0.1) is 6.10 Å². The van der Waals surface area contributed by atoms with Crippen molar-refractivity contribution in [3.8, 4) is 0 Å². The zero-order chi connectivity index (χ0) is 14.2. The molecule has 1 saturated heterocycles. The Morgan fingerprint density at radius 2 is 1.95 bits per heavy atom. The normalized spacial score (nSPS) is 26.8. The minimum Gasteiger partial charge on any atom is -0.365 e. The second kappa shape index (κ2) is 8.63. The molecule has 2 rings (SSSR count). The van der Waals surface area contributed by atoms with Crippen LogP contribution in [0, 0.1) is 5.92 Å². The van der Waals surface area contributed by atoms with Crippen LogP contribution >= 0.6 is 0 Å². The van der Waals surface area contributed by atoms with E-state index in [1.54, 1.807) is 0 Å². The molecule has 0 spiro atoms. The van der Waals surface area contributed by atoms with Gasteiger partial charge in [-0.25, -0.2) is 0 Å². The molecule has 2 atom stereocenters. The van der Waals surface area contributed by atoms with Crippen LogP contribution in [-0.4, -0.2) is 37.7 Å². The Balaban J connectivity index is 1.65. The van der Waals surface area contributed by atoms with Gasteiger partial charge in [0.15, 0.2) is 0 Å². The van der Waals surface area contributed by atoms with E-state index in [0.717, 1.165) is 32.5 Å². The van der Waals surface area contributed by atoms with Crippen molar-refractivity contribution >= 4 is 5.91 Å². The number of carbonyl (C=O) groups is 1. The highest BCUT2D eigenvalue weighted by molar-refractivity contribution is 5.80. The zero-order valence-electron chi connectivity index (χ0n) is 12.8. The Morgan fingerprint density at radius 3 is 2.60 bits per heavy atom. The van der Waals surface area contributed by atoms with E-state index in [1.807, 2.05) is 6.92 Å². The first-order chi connectivity index (χ1) is 9.75. The van der Waals surface area contributed by atoms with Crippen molar-refractivity contribution in [1.82, 2.24) is 10.6 Å². The summed E-state index contributed by atoms with van der Waals surface area (Å²) in [5.41, 5.74) is 0. The van der Waals surface area contributed by atoms with E-state index in [9.17, 15) is 4.79 Å². The number of hydrogen-bond acceptors (Lipinski definition) is 3. The lowest BCUT2D eigenvalue weighted by Gasteiger charge is -2.25. The molecule has 2 aliphatic rings. The van der Waals surface area contributed by atoms with Gasteiger partial charge in [0.25, 0.3) is 0 Å². The van der Waals surface area contributed by atoms with Gasteiger partial charge in [-0.15, -0.1) is 0 Å². The van der Waals surface area contributed by atoms with E-state index in [0.29, 0.717) is 5.92 Å². The smallest absolute Gasteiger partial charge is 0.248 e. The maximum absolute atomic E-state index is 12.1. The van der Waals surface area contributed by atoms with Gasteiger partial charge in [0.2, 0.25) is 5.91 Å². The molecular formula is C16H30N2O2. The van der Waals surface area contributed by atoms with Crippen molar-refractivity contribution in [3.63, 3.8) is 0 Å². The molecule has 2 unspecified atom stereocenters. The fourth-order valence-corrected chi connectivity index (χ4v) is 3.22. The zero-order valence-corrected chi connectivity index (χ0v) is 12.8. The Labute approximate surface area is 123 Å². The molecule has 0 aromatic carbocycles. The molecule has 20 heavy (non-hydrogen) atoms. The Hall–Kier alpha value is -0.610. The Morgan fingerprint density at radius 1 is 1.20 bits per heavy atom. The molecule has 4 nitrogen and oxygen atoms in total. The minimum absolute atomic E-state index is 0.0554. The molecule has 0 aromatic rings. The number of hydrogen-bond donors (Lipinski definition) is 2. The van der Waals surface area contributed by atoms with E-state index in [4.69, 9.17) is 4.74 Å². The maximum atomic E-state index is 12.1. The third kappa shape index (κ3) is 5.41. The van der Waals surface area contributed by atoms with E-state index in [-0.39, 0.29) is 18.1 Å². The first-order valence-corrected chi connectivity index (χ1v) is 8.39. The van der Waals surface area contributed by atoms with Crippen LogP contribution in [0.25, 0.3) is 0 Å². The van der Waals surface area contributed by atoms with Crippen molar-refractivity contribution < 1.29 is 9.53 Å². The van der Waals surface area contributed by atoms with Crippen molar-refractivity contribution in [2.45, 2.75) is 70.5 Å². The first-order valence-electron chi connectivity index (χ1n) is 8.39. The predicted octanol–water partition coefficient (Wildman–Crippen LogP) is 2.23. The molecule has 0 radical (unpaired) electrons. The predicted molar refractivity (Wildman–Crippen MR) is 80.6 cm³/mol. The van der Waals surface area contributed by atoms with Crippen LogP contribution in [0.15, 0.2) is 0 Å². The number of carbonyl (C=O) groups excluding carboxylic acids is 1. The van der Waals surface area contributed by atoms with Gasteiger partial charge in [-0.3, -0.25) is 4.79 Å². The maximum Gasteiger partial charge on any atom is 0.248 e. The van der Waals surface area contributed by atoms with Crippen LogP contribution in [0.3, 0.4) is 0 Å². The fraction of sp³-hybridized carbons (Fsp3) is 0.938. The molecule has 1 amide bonds. The molecule has 116 valence electrons. The van der Waals surface area contributed by atoms with Gasteiger partial charge in [-0.05, 0) is 51.6 Å². The molecule has 4 heteroatoms. The molecule has 1 saturated carbocycles. The van der Waals surface area contributed by atoms with Gasteiger partial charge in [-0.1, -0.05) is 25.7 Å². The third-order valence-corrected chi connectivity index (χ3v) is 4.53. The molecule has 0 aromatic heterocycles. The molecule has 1 heterocycles. The number of ether oxygens (including phenoxy) is 1. The van der Waals surface area contributed by atoms with Crippen molar-refractivity contribution in [3.05, 3.63) is 0 Å². The van der Waals surface area contributed by atoms with Crippen LogP contribution < -0.4 is 10.6 Å². The lowest BCUT2D eigenvalue weighted by atomic mass is 10.00. The van der Waals surface area contributed by atoms with Gasteiger partial charge in [-0.2, -0.15) is 0 Å². The fourth-order valence-electron chi connectivity index (χ4n) is 3.22. The second-order valence-electron chi connectivity index (χ2n) is 6.35. The summed E-state index contributed by atoms with van der Waals surface area (Å²) in [6, 6.07) is 0. The van der Waals surface area contributed by atoms with E-state index in [2.05, 4.69) is 10.6 Å². The van der Waals surface area contributed by atoms with Crippen molar-refractivity contribution in [2.75, 3.05) is 19.6 Å². The van der Waals surface area contributed by atoms with E-state index >= 15 is 0 Å². The molecule has 1 aliphatic carbocycles. The average molecular weight is 282 g/mol. The molecule has 0 bridgehead atoms. The SMILES string of the molecule is CC(OC1CCCCCC1)C(=O)NCC1CCCNC1. The molecular weight excluding hydrogens is 252 g/mol. The number of amides is 1. The van der Waals surface area contributed by atoms with Crippen LogP contribution in [0.5, 0.6) is 0 Å². The highest BCUT2D eigenvalue weighted by atomic mass is 16.5. The summed E-state index contributed by atoms with van der Waals surface area (Å²) in [4.78, 5) is 12.1. The standard InChI is InChI=1S/C16H30N2O2/c1-13(20-15-8-4-2-3-5-9-15)16(19)18-12-14-7-6-10-17-11-14/h13-15,17H,2-12H2,1H3,(H,18,19). The third-order valence-electron chi connectivity index (χ3n) is 4.53. The molecule has 2 fully saturated rings. The largest absolute Gasteiger partial charge is 0.365 e. The van der Waals surface area contributed by atoms with Crippen LogP contribution in [0.1, 0.15) is 58.3 Å². The summed E-state index contributed by atoms with van der Waals surface area (Å²) in [6.07, 6.45) is 9.75. The summed E-state index contributed by atoms with van der Waals surface area (Å²) < 4.78 is 5.95. The number of piperidine rings is 1. The minimum atomic E-state index is -0.311. The summed E-state index contributed by atoms with van der Waals surface area (Å²) >= 11 is 0. The van der Waals surface area contributed by atoms with Gasteiger partial charge >= 0.3 is 0 Å². The Kier molecular flexibility index (Phi) is 6.80. The summed E-state index contributed by atoms with van der Waals surface area (Å²) in [5.74, 6) is 0.637. The first kappa shape index (κ1) is 15.8. The monoisotopic (exact) mass is 282 g/mol. The van der Waals surface area contributed by atoms with Gasteiger partial charge < -0.3 is 15.4 Å². The number of rotatable bonds is 5. The van der Waals surface area contributed by atoms with Crippen LogP contribution in [-0.2, 0) is 9.53 Å². The quantitative estimate of drug-likeness (QED) is 0.760. The highest BCUT2D eigenvalue weighted by Gasteiger charge is 2.21. The van der Waals surface area contributed by atoms with Gasteiger partial charge in [0, 0.05) is 6.54 Å². The average Bonchev–Trinajstić information content (AvgIpc) is 2.74. The summed E-state index contributed by atoms with van der Waals surface area (Å²) in [7, 11) is 0. The van der Waals surface area contributed by atoms with E-state index in [1.165, 1.54) is 38.5 Å². The number of nitrogens with one attached hydrogen (secondary N) is 2. The molecule has 1 aliphatic heterocycles. The van der Waals surface area contributed by atoms with Crippen molar-refractivity contribution in [1.29, 1.82) is 0 Å². The summed E-state index contributed by atoms with van der Waals surface area (Å²) in [6.45, 7) is 4.81. The highest BCUT2D eigenvalue weighted by Crippen LogP contribution is 2.21. The van der Waals surface area contributed by atoms with Crippen molar-refractivity contribution in [2.24, 2.45) is 5.92 Å². The van der Waals surface area contributed by atoms with E-state index < -0.39 is 0 Å². The molecule has 2 N–H and O–H groups in total. The Bertz CT molecular complexity index is 282.